The van der Waals surface area contributed by atoms with Crippen molar-refractivity contribution in [3.8, 4) is 5.75 Å². The van der Waals surface area contributed by atoms with Crippen molar-refractivity contribution in [2.45, 2.75) is 0 Å². The van der Waals surface area contributed by atoms with E-state index in [2.05, 4.69) is 5.32 Å². The van der Waals surface area contributed by atoms with E-state index in [-0.39, 0.29) is 30.7 Å². The molecule has 0 fully saturated rings. The van der Waals surface area contributed by atoms with E-state index in [1.165, 1.54) is 17.0 Å². The quantitative estimate of drug-likeness (QED) is 0.908. The van der Waals surface area contributed by atoms with Gasteiger partial charge in [0, 0.05) is 6.07 Å². The van der Waals surface area contributed by atoms with Gasteiger partial charge < -0.3 is 15.0 Å². The molecule has 0 unspecified atom stereocenters. The van der Waals surface area contributed by atoms with Gasteiger partial charge in [-0.2, -0.15) is 0 Å². The average Bonchev–Trinajstić information content (AvgIpc) is 2.61. The van der Waals surface area contributed by atoms with E-state index in [4.69, 9.17) is 4.74 Å². The molecular weight excluding hydrogens is 325 g/mol. The summed E-state index contributed by atoms with van der Waals surface area (Å²) in [5.41, 5.74) is 1.83. The Morgan fingerprint density at radius 2 is 2.04 bits per heavy atom. The number of fused-ring (bicyclic) bond motifs is 2. The fraction of sp³-hybridized carbons (Fsp3) is 0.222. The molecule has 1 N–H and O–H groups in total. The minimum absolute atomic E-state index is 0.0316. The highest BCUT2D eigenvalue weighted by Gasteiger charge is 2.29. The Morgan fingerprint density at radius 3 is 2.92 bits per heavy atom. The van der Waals surface area contributed by atoms with Crippen LogP contribution in [-0.2, 0) is 9.59 Å². The highest BCUT2D eigenvalue weighted by atomic mass is 19.1. The molecule has 0 aliphatic carbocycles. The summed E-state index contributed by atoms with van der Waals surface area (Å²) >= 11 is 0. The molecule has 7 heteroatoms. The molecule has 0 spiro atoms. The minimum Gasteiger partial charge on any atom is -0.490 e. The third-order valence-electron chi connectivity index (χ3n) is 4.28. The van der Waals surface area contributed by atoms with E-state index in [1.54, 1.807) is 29.2 Å². The number of rotatable bonds is 2. The zero-order chi connectivity index (χ0) is 17.4. The van der Waals surface area contributed by atoms with Gasteiger partial charge >= 0.3 is 0 Å². The van der Waals surface area contributed by atoms with E-state index in [0.29, 0.717) is 36.0 Å². The molecule has 4 rings (SSSR count). The summed E-state index contributed by atoms with van der Waals surface area (Å²) in [7, 11) is 0. The Morgan fingerprint density at radius 1 is 1.20 bits per heavy atom. The van der Waals surface area contributed by atoms with Gasteiger partial charge in [0.05, 0.1) is 30.2 Å². The van der Waals surface area contributed by atoms with Crippen LogP contribution in [0.3, 0.4) is 0 Å². The van der Waals surface area contributed by atoms with Crippen molar-refractivity contribution < 1.29 is 18.7 Å². The van der Waals surface area contributed by atoms with E-state index in [9.17, 15) is 14.0 Å². The van der Waals surface area contributed by atoms with Gasteiger partial charge in [-0.05, 0) is 24.3 Å². The Bertz CT molecular complexity index is 855. The van der Waals surface area contributed by atoms with Gasteiger partial charge in [0.25, 0.3) is 0 Å². The predicted molar refractivity (Wildman–Crippen MR) is 91.5 cm³/mol. The molecule has 2 aromatic rings. The maximum atomic E-state index is 13.6. The number of halogens is 1. The van der Waals surface area contributed by atoms with Gasteiger partial charge in [-0.15, -0.1) is 0 Å². The summed E-state index contributed by atoms with van der Waals surface area (Å²) in [6.45, 7) is 0.907. The normalized spacial score (nSPS) is 15.8. The maximum absolute atomic E-state index is 13.6. The molecule has 2 aliphatic heterocycles. The van der Waals surface area contributed by atoms with Crippen molar-refractivity contribution in [2.75, 3.05) is 41.4 Å². The number of ether oxygens (including phenoxy) is 1. The van der Waals surface area contributed by atoms with Crippen molar-refractivity contribution >= 4 is 28.9 Å². The van der Waals surface area contributed by atoms with Crippen molar-refractivity contribution in [1.29, 1.82) is 0 Å². The Hall–Kier alpha value is -3.09. The molecular formula is C18H16FN3O3. The number of nitrogens with zero attached hydrogens (tertiary/aromatic N) is 2. The van der Waals surface area contributed by atoms with Crippen molar-refractivity contribution in [3.05, 3.63) is 48.3 Å². The smallest absolute Gasteiger partial charge is 0.247 e. The molecule has 2 heterocycles. The second-order valence-electron chi connectivity index (χ2n) is 5.93. The number of carbonyl (C=O) groups is 2. The van der Waals surface area contributed by atoms with E-state index in [1.807, 2.05) is 6.07 Å². The first-order chi connectivity index (χ1) is 12.1. The SMILES string of the molecule is O=C1CN(C(=O)CN2CCOc3ccc(F)cc32)c2ccccc2N1. The highest BCUT2D eigenvalue weighted by molar-refractivity contribution is 6.10. The molecule has 0 saturated carbocycles. The van der Waals surface area contributed by atoms with Gasteiger partial charge in [-0.25, -0.2) is 4.39 Å². The van der Waals surface area contributed by atoms with Crippen LogP contribution in [0.4, 0.5) is 21.5 Å². The summed E-state index contributed by atoms with van der Waals surface area (Å²) in [4.78, 5) is 28.0. The molecule has 2 aliphatic rings. The van der Waals surface area contributed by atoms with Crippen LogP contribution in [0.5, 0.6) is 5.75 Å². The number of nitrogens with one attached hydrogen (secondary N) is 1. The predicted octanol–water partition coefficient (Wildman–Crippen LogP) is 2.01. The standard InChI is InChI=1S/C18H16FN3O3/c19-12-5-6-16-15(9-12)21(7-8-25-16)11-18(24)22-10-17(23)20-13-3-1-2-4-14(13)22/h1-6,9H,7-8,10-11H2,(H,20,23). The lowest BCUT2D eigenvalue weighted by Crippen LogP contribution is -2.48. The van der Waals surface area contributed by atoms with Gasteiger partial charge in [-0.3, -0.25) is 14.5 Å². The van der Waals surface area contributed by atoms with Gasteiger partial charge in [0.1, 0.15) is 24.7 Å². The van der Waals surface area contributed by atoms with Gasteiger partial charge in [0.15, 0.2) is 0 Å². The third kappa shape index (κ3) is 2.88. The molecule has 0 atom stereocenters. The molecule has 25 heavy (non-hydrogen) atoms. The number of carbonyl (C=O) groups excluding carboxylic acids is 2. The van der Waals surface area contributed by atoms with E-state index in [0.717, 1.165) is 0 Å². The lowest BCUT2D eigenvalue weighted by Gasteiger charge is -2.34. The number of benzene rings is 2. The first kappa shape index (κ1) is 15.4. The second kappa shape index (κ2) is 6.08. The van der Waals surface area contributed by atoms with Gasteiger partial charge in [-0.1, -0.05) is 12.1 Å². The molecule has 0 bridgehead atoms. The Balaban J connectivity index is 1.60. The fourth-order valence-electron chi connectivity index (χ4n) is 3.11. The molecule has 0 saturated heterocycles. The highest BCUT2D eigenvalue weighted by Crippen LogP contribution is 2.33. The summed E-state index contributed by atoms with van der Waals surface area (Å²) in [6.07, 6.45) is 0. The van der Waals surface area contributed by atoms with Crippen LogP contribution in [0.25, 0.3) is 0 Å². The zero-order valence-corrected chi connectivity index (χ0v) is 13.4. The van der Waals surface area contributed by atoms with Crippen LogP contribution >= 0.6 is 0 Å². The summed E-state index contributed by atoms with van der Waals surface area (Å²) in [6, 6.07) is 11.4. The number of anilines is 3. The van der Waals surface area contributed by atoms with Crippen LogP contribution in [0.15, 0.2) is 42.5 Å². The van der Waals surface area contributed by atoms with Crippen molar-refractivity contribution in [1.82, 2.24) is 0 Å². The first-order valence-electron chi connectivity index (χ1n) is 7.98. The number of hydrogen-bond acceptors (Lipinski definition) is 4. The number of hydrogen-bond donors (Lipinski definition) is 1. The second-order valence-corrected chi connectivity index (χ2v) is 5.93. The molecule has 2 amide bonds. The van der Waals surface area contributed by atoms with Crippen molar-refractivity contribution in [3.63, 3.8) is 0 Å². The van der Waals surface area contributed by atoms with Crippen LogP contribution < -0.4 is 19.9 Å². The number of amides is 2. The maximum Gasteiger partial charge on any atom is 0.247 e. The van der Waals surface area contributed by atoms with Crippen LogP contribution in [0.1, 0.15) is 0 Å². The summed E-state index contributed by atoms with van der Waals surface area (Å²) < 4.78 is 19.1. The largest absolute Gasteiger partial charge is 0.490 e. The molecule has 0 aromatic heterocycles. The monoisotopic (exact) mass is 341 g/mol. The van der Waals surface area contributed by atoms with E-state index >= 15 is 0 Å². The van der Waals surface area contributed by atoms with Crippen molar-refractivity contribution in [2.24, 2.45) is 0 Å². The molecule has 128 valence electrons. The lowest BCUT2D eigenvalue weighted by molar-refractivity contribution is -0.121. The average molecular weight is 341 g/mol. The molecule has 0 radical (unpaired) electrons. The molecule has 2 aromatic carbocycles. The fourth-order valence-corrected chi connectivity index (χ4v) is 3.11. The third-order valence-corrected chi connectivity index (χ3v) is 4.28. The number of para-hydroxylation sites is 2. The zero-order valence-electron chi connectivity index (χ0n) is 13.4. The van der Waals surface area contributed by atoms with Crippen LogP contribution in [-0.4, -0.2) is 38.1 Å². The summed E-state index contributed by atoms with van der Waals surface area (Å²) in [5.74, 6) is -0.290. The summed E-state index contributed by atoms with van der Waals surface area (Å²) in [5, 5.41) is 2.76. The Labute approximate surface area is 143 Å². The topological polar surface area (TPSA) is 61.9 Å². The van der Waals surface area contributed by atoms with Crippen LogP contribution in [0.2, 0.25) is 0 Å². The lowest BCUT2D eigenvalue weighted by atomic mass is 10.1. The Kier molecular flexibility index (Phi) is 3.76. The minimum atomic E-state index is -0.385. The van der Waals surface area contributed by atoms with E-state index < -0.39 is 0 Å². The first-order valence-corrected chi connectivity index (χ1v) is 7.98. The molecule has 6 nitrogen and oxygen atoms in total. The van der Waals surface area contributed by atoms with Gasteiger partial charge in [0.2, 0.25) is 11.8 Å². The van der Waals surface area contributed by atoms with Crippen LogP contribution in [0, 0.1) is 5.82 Å².